The number of amides is 1. The number of thioether (sulfide) groups is 1. The fourth-order valence-corrected chi connectivity index (χ4v) is 3.00. The van der Waals surface area contributed by atoms with E-state index in [9.17, 15) is 4.79 Å². The molecule has 1 atom stereocenters. The van der Waals surface area contributed by atoms with E-state index in [-0.39, 0.29) is 5.91 Å². The Morgan fingerprint density at radius 1 is 1.45 bits per heavy atom. The monoisotopic (exact) mass is 292 g/mol. The van der Waals surface area contributed by atoms with E-state index in [2.05, 4.69) is 48.7 Å². The predicted octanol–water partition coefficient (Wildman–Crippen LogP) is 3.12. The van der Waals surface area contributed by atoms with Crippen LogP contribution in [-0.2, 0) is 4.79 Å². The summed E-state index contributed by atoms with van der Waals surface area (Å²) in [6.07, 6.45) is 2.92. The average molecular weight is 292 g/mol. The van der Waals surface area contributed by atoms with Gasteiger partial charge in [0.15, 0.2) is 0 Å². The molecule has 110 valence electrons. The molecule has 3 nitrogen and oxygen atoms in total. The lowest BCUT2D eigenvalue weighted by Crippen LogP contribution is -2.25. The highest BCUT2D eigenvalue weighted by atomic mass is 32.2. The molecule has 0 bridgehead atoms. The normalized spacial score (nSPS) is 15.9. The van der Waals surface area contributed by atoms with Crippen LogP contribution >= 0.6 is 11.8 Å². The zero-order valence-corrected chi connectivity index (χ0v) is 13.1. The molecule has 1 unspecified atom stereocenters. The van der Waals surface area contributed by atoms with Crippen LogP contribution in [0.15, 0.2) is 29.2 Å². The summed E-state index contributed by atoms with van der Waals surface area (Å²) in [5, 5.41) is 6.44. The van der Waals surface area contributed by atoms with Crippen molar-refractivity contribution < 1.29 is 4.79 Å². The molecule has 1 saturated carbocycles. The summed E-state index contributed by atoms with van der Waals surface area (Å²) >= 11 is 1.76. The number of hydrogen-bond donors (Lipinski definition) is 2. The van der Waals surface area contributed by atoms with Crippen LogP contribution in [0.4, 0.5) is 0 Å². The Morgan fingerprint density at radius 3 is 2.95 bits per heavy atom. The minimum Gasteiger partial charge on any atom is -0.353 e. The van der Waals surface area contributed by atoms with Crippen LogP contribution in [0, 0.1) is 0 Å². The van der Waals surface area contributed by atoms with Gasteiger partial charge in [0.2, 0.25) is 5.91 Å². The van der Waals surface area contributed by atoms with Crippen LogP contribution in [0.1, 0.15) is 44.7 Å². The molecule has 4 heteroatoms. The summed E-state index contributed by atoms with van der Waals surface area (Å²) in [6, 6.07) is 9.42. The standard InChI is InChI=1S/C16H24N2OS/c1-3-17-12(2)13-5-4-6-15(11-13)20-10-9-16(19)18-14-7-8-14/h4-6,11-12,14,17H,3,7-10H2,1-2H3,(H,18,19). The molecule has 2 N–H and O–H groups in total. The van der Waals surface area contributed by atoms with E-state index in [4.69, 9.17) is 0 Å². The molecule has 1 fully saturated rings. The summed E-state index contributed by atoms with van der Waals surface area (Å²) in [5.41, 5.74) is 1.30. The van der Waals surface area contributed by atoms with Gasteiger partial charge in [0, 0.05) is 29.2 Å². The Labute approximate surface area is 125 Å². The minimum absolute atomic E-state index is 0.192. The van der Waals surface area contributed by atoms with Crippen LogP contribution in [0.5, 0.6) is 0 Å². The van der Waals surface area contributed by atoms with Crippen molar-refractivity contribution in [3.63, 3.8) is 0 Å². The van der Waals surface area contributed by atoms with Gasteiger partial charge < -0.3 is 10.6 Å². The SMILES string of the molecule is CCNC(C)c1cccc(SCCC(=O)NC2CC2)c1. The van der Waals surface area contributed by atoms with Gasteiger partial charge in [-0.05, 0) is 44.0 Å². The van der Waals surface area contributed by atoms with Crippen LogP contribution < -0.4 is 10.6 Å². The number of nitrogens with one attached hydrogen (secondary N) is 2. The molecule has 1 aromatic carbocycles. The zero-order valence-electron chi connectivity index (χ0n) is 12.3. The van der Waals surface area contributed by atoms with Crippen molar-refractivity contribution in [3.8, 4) is 0 Å². The average Bonchev–Trinajstić information content (AvgIpc) is 3.23. The highest BCUT2D eigenvalue weighted by Gasteiger charge is 2.22. The van der Waals surface area contributed by atoms with Crippen LogP contribution in [-0.4, -0.2) is 24.2 Å². The third-order valence-electron chi connectivity index (χ3n) is 3.41. The van der Waals surface area contributed by atoms with Crippen molar-refractivity contribution in [1.29, 1.82) is 0 Å². The molecule has 1 aliphatic rings. The van der Waals surface area contributed by atoms with Gasteiger partial charge in [0.1, 0.15) is 0 Å². The molecule has 1 aliphatic carbocycles. The smallest absolute Gasteiger partial charge is 0.221 e. The maximum Gasteiger partial charge on any atom is 0.221 e. The Hall–Kier alpha value is -1.00. The first kappa shape index (κ1) is 15.4. The van der Waals surface area contributed by atoms with Gasteiger partial charge in [-0.2, -0.15) is 0 Å². The fourth-order valence-electron chi connectivity index (χ4n) is 2.09. The van der Waals surface area contributed by atoms with Gasteiger partial charge in [0.05, 0.1) is 0 Å². The van der Waals surface area contributed by atoms with Crippen molar-refractivity contribution in [2.24, 2.45) is 0 Å². The summed E-state index contributed by atoms with van der Waals surface area (Å²) in [6.45, 7) is 5.27. The molecule has 1 amide bonds. The first-order valence-corrected chi connectivity index (χ1v) is 8.43. The first-order chi connectivity index (χ1) is 9.69. The molecule has 1 aromatic rings. The number of hydrogen-bond acceptors (Lipinski definition) is 3. The molecule has 0 saturated heterocycles. The second-order valence-corrected chi connectivity index (χ2v) is 6.46. The summed E-state index contributed by atoms with van der Waals surface area (Å²) < 4.78 is 0. The van der Waals surface area contributed by atoms with Crippen LogP contribution in [0.25, 0.3) is 0 Å². The van der Waals surface area contributed by atoms with Crippen LogP contribution in [0.3, 0.4) is 0 Å². The largest absolute Gasteiger partial charge is 0.353 e. The highest BCUT2D eigenvalue weighted by Crippen LogP contribution is 2.23. The summed E-state index contributed by atoms with van der Waals surface area (Å²) in [7, 11) is 0. The van der Waals surface area contributed by atoms with Crippen molar-refractivity contribution in [2.75, 3.05) is 12.3 Å². The molecule has 0 aliphatic heterocycles. The Balaban J connectivity index is 1.76. The molecule has 0 heterocycles. The lowest BCUT2D eigenvalue weighted by Gasteiger charge is -2.13. The van der Waals surface area contributed by atoms with E-state index >= 15 is 0 Å². The Kier molecular flexibility index (Phi) is 5.92. The van der Waals surface area contributed by atoms with Gasteiger partial charge >= 0.3 is 0 Å². The van der Waals surface area contributed by atoms with Gasteiger partial charge in [-0.3, -0.25) is 4.79 Å². The van der Waals surface area contributed by atoms with Gasteiger partial charge in [-0.15, -0.1) is 11.8 Å². The van der Waals surface area contributed by atoms with Crippen LogP contribution in [0.2, 0.25) is 0 Å². The van der Waals surface area contributed by atoms with Crippen molar-refractivity contribution >= 4 is 17.7 Å². The van der Waals surface area contributed by atoms with E-state index in [0.717, 1.165) is 25.1 Å². The number of carbonyl (C=O) groups excluding carboxylic acids is 1. The molecule has 0 radical (unpaired) electrons. The van der Waals surface area contributed by atoms with Gasteiger partial charge in [0.25, 0.3) is 0 Å². The van der Waals surface area contributed by atoms with E-state index in [1.54, 1.807) is 11.8 Å². The molecule has 2 rings (SSSR count). The molecular formula is C16H24N2OS. The number of carbonyl (C=O) groups is 1. The quantitative estimate of drug-likeness (QED) is 0.723. The molecule has 20 heavy (non-hydrogen) atoms. The Bertz CT molecular complexity index is 446. The first-order valence-electron chi connectivity index (χ1n) is 7.44. The lowest BCUT2D eigenvalue weighted by molar-refractivity contribution is -0.120. The van der Waals surface area contributed by atoms with E-state index < -0.39 is 0 Å². The lowest BCUT2D eigenvalue weighted by atomic mass is 10.1. The van der Waals surface area contributed by atoms with Crippen molar-refractivity contribution in [2.45, 2.75) is 50.1 Å². The molecule has 0 spiro atoms. The third kappa shape index (κ3) is 5.17. The number of benzene rings is 1. The summed E-state index contributed by atoms with van der Waals surface area (Å²) in [4.78, 5) is 12.9. The maximum atomic E-state index is 11.6. The maximum absolute atomic E-state index is 11.6. The molecular weight excluding hydrogens is 268 g/mol. The topological polar surface area (TPSA) is 41.1 Å². The second-order valence-electron chi connectivity index (χ2n) is 5.29. The van der Waals surface area contributed by atoms with Gasteiger partial charge in [-0.25, -0.2) is 0 Å². The number of rotatable bonds is 8. The summed E-state index contributed by atoms with van der Waals surface area (Å²) in [5.74, 6) is 1.04. The van der Waals surface area contributed by atoms with Crippen molar-refractivity contribution in [3.05, 3.63) is 29.8 Å². The van der Waals surface area contributed by atoms with E-state index in [1.807, 2.05) is 0 Å². The third-order valence-corrected chi connectivity index (χ3v) is 4.40. The zero-order chi connectivity index (χ0) is 14.4. The van der Waals surface area contributed by atoms with E-state index in [1.165, 1.54) is 10.5 Å². The van der Waals surface area contributed by atoms with Crippen molar-refractivity contribution in [1.82, 2.24) is 10.6 Å². The van der Waals surface area contributed by atoms with E-state index in [0.29, 0.717) is 18.5 Å². The fraction of sp³-hybridized carbons (Fsp3) is 0.562. The van der Waals surface area contributed by atoms with Gasteiger partial charge in [-0.1, -0.05) is 19.1 Å². The molecule has 0 aromatic heterocycles. The second kappa shape index (κ2) is 7.70. The highest BCUT2D eigenvalue weighted by molar-refractivity contribution is 7.99. The minimum atomic E-state index is 0.192. The Morgan fingerprint density at radius 2 is 2.25 bits per heavy atom. The predicted molar refractivity (Wildman–Crippen MR) is 85.0 cm³/mol.